The van der Waals surface area contributed by atoms with Gasteiger partial charge in [-0.3, -0.25) is 4.90 Å². The average Bonchev–Trinajstić information content (AvgIpc) is 2.86. The summed E-state index contributed by atoms with van der Waals surface area (Å²) < 4.78 is 5.84. The first-order chi connectivity index (χ1) is 10.1. The number of aryl methyl sites for hydroxylation is 1. The third kappa shape index (κ3) is 6.06. The number of benzene rings is 1. The molecule has 0 amide bonds. The Bertz CT molecular complexity index is 419. The van der Waals surface area contributed by atoms with Crippen molar-refractivity contribution >= 4 is 0 Å². The highest BCUT2D eigenvalue weighted by atomic mass is 16.5. The molecule has 118 valence electrons. The van der Waals surface area contributed by atoms with Crippen LogP contribution in [0.15, 0.2) is 24.3 Å². The molecule has 2 rings (SSSR count). The van der Waals surface area contributed by atoms with E-state index in [1.54, 1.807) is 0 Å². The van der Waals surface area contributed by atoms with E-state index < -0.39 is 0 Å². The molecule has 0 radical (unpaired) electrons. The minimum atomic E-state index is 0.741. The summed E-state index contributed by atoms with van der Waals surface area (Å²) in [6.45, 7) is 13.2. The quantitative estimate of drug-likeness (QED) is 0.796. The lowest BCUT2D eigenvalue weighted by molar-refractivity contribution is 0.232. The molecule has 0 aromatic heterocycles. The maximum Gasteiger partial charge on any atom is 0.119 e. The fourth-order valence-electron chi connectivity index (χ4n) is 2.86. The minimum Gasteiger partial charge on any atom is -0.492 e. The highest BCUT2D eigenvalue weighted by molar-refractivity contribution is 5.27. The van der Waals surface area contributed by atoms with Crippen LogP contribution in [-0.2, 0) is 0 Å². The van der Waals surface area contributed by atoms with Gasteiger partial charge in [-0.15, -0.1) is 0 Å². The van der Waals surface area contributed by atoms with E-state index in [4.69, 9.17) is 4.74 Å². The van der Waals surface area contributed by atoms with Crippen molar-refractivity contribution in [3.05, 3.63) is 29.8 Å². The molecule has 21 heavy (non-hydrogen) atoms. The van der Waals surface area contributed by atoms with Gasteiger partial charge in [0.2, 0.25) is 0 Å². The van der Waals surface area contributed by atoms with E-state index in [0.717, 1.165) is 43.8 Å². The molecule has 3 heteroatoms. The van der Waals surface area contributed by atoms with Crippen LogP contribution in [0.5, 0.6) is 5.75 Å². The molecule has 0 bridgehead atoms. The molecular formula is C18H30N2O. The summed E-state index contributed by atoms with van der Waals surface area (Å²) in [4.78, 5) is 2.53. The smallest absolute Gasteiger partial charge is 0.119 e. The fraction of sp³-hybridized carbons (Fsp3) is 0.667. The van der Waals surface area contributed by atoms with Crippen LogP contribution >= 0.6 is 0 Å². The van der Waals surface area contributed by atoms with Crippen molar-refractivity contribution in [1.82, 2.24) is 10.2 Å². The third-order valence-corrected chi connectivity index (χ3v) is 4.02. The summed E-state index contributed by atoms with van der Waals surface area (Å²) in [5.74, 6) is 2.54. The molecule has 1 fully saturated rings. The third-order valence-electron chi connectivity index (χ3n) is 4.02. The summed E-state index contributed by atoms with van der Waals surface area (Å²) in [5.41, 5.74) is 1.25. The summed E-state index contributed by atoms with van der Waals surface area (Å²) >= 11 is 0. The zero-order valence-electron chi connectivity index (χ0n) is 13.8. The number of hydrogen-bond donors (Lipinski definition) is 1. The second-order valence-corrected chi connectivity index (χ2v) is 6.67. The van der Waals surface area contributed by atoms with Crippen LogP contribution in [0.25, 0.3) is 0 Å². The second kappa shape index (κ2) is 8.40. The van der Waals surface area contributed by atoms with Gasteiger partial charge in [-0.2, -0.15) is 0 Å². The highest BCUT2D eigenvalue weighted by Gasteiger charge is 2.21. The Morgan fingerprint density at radius 2 is 2.24 bits per heavy atom. The van der Waals surface area contributed by atoms with Crippen LogP contribution in [-0.4, -0.2) is 44.2 Å². The van der Waals surface area contributed by atoms with Crippen molar-refractivity contribution in [3.63, 3.8) is 0 Å². The van der Waals surface area contributed by atoms with Crippen LogP contribution in [0, 0.1) is 18.8 Å². The average molecular weight is 290 g/mol. The first kappa shape index (κ1) is 16.3. The normalized spacial score (nSPS) is 19.3. The van der Waals surface area contributed by atoms with Crippen molar-refractivity contribution in [2.24, 2.45) is 11.8 Å². The number of ether oxygens (including phenoxy) is 1. The SMILES string of the molecule is Cc1cccc(OCCN2CCC(CNCC(C)C)C2)c1. The van der Waals surface area contributed by atoms with E-state index in [2.05, 4.69) is 49.2 Å². The van der Waals surface area contributed by atoms with Gasteiger partial charge < -0.3 is 10.1 Å². The summed E-state index contributed by atoms with van der Waals surface area (Å²) in [6.07, 6.45) is 1.32. The lowest BCUT2D eigenvalue weighted by Crippen LogP contribution is -2.30. The fourth-order valence-corrected chi connectivity index (χ4v) is 2.86. The molecule has 1 N–H and O–H groups in total. The first-order valence-electron chi connectivity index (χ1n) is 8.26. The zero-order chi connectivity index (χ0) is 15.1. The van der Waals surface area contributed by atoms with Gasteiger partial charge in [0.1, 0.15) is 12.4 Å². The predicted molar refractivity (Wildman–Crippen MR) is 88.9 cm³/mol. The first-order valence-corrected chi connectivity index (χ1v) is 8.26. The Hall–Kier alpha value is -1.06. The van der Waals surface area contributed by atoms with E-state index >= 15 is 0 Å². The van der Waals surface area contributed by atoms with Crippen LogP contribution in [0.2, 0.25) is 0 Å². The summed E-state index contributed by atoms with van der Waals surface area (Å²) in [6, 6.07) is 8.29. The largest absolute Gasteiger partial charge is 0.492 e. The van der Waals surface area contributed by atoms with Gasteiger partial charge in [0.25, 0.3) is 0 Å². The molecule has 0 aliphatic carbocycles. The molecule has 1 heterocycles. The Morgan fingerprint density at radius 3 is 3.00 bits per heavy atom. The molecule has 1 unspecified atom stereocenters. The molecule has 1 atom stereocenters. The van der Waals surface area contributed by atoms with Gasteiger partial charge in [-0.25, -0.2) is 0 Å². The summed E-state index contributed by atoms with van der Waals surface area (Å²) in [5, 5.41) is 3.58. The number of nitrogens with zero attached hydrogens (tertiary/aromatic N) is 1. The van der Waals surface area contributed by atoms with Crippen molar-refractivity contribution in [1.29, 1.82) is 0 Å². The molecule has 3 nitrogen and oxygen atoms in total. The van der Waals surface area contributed by atoms with E-state index in [0.29, 0.717) is 0 Å². The number of nitrogens with one attached hydrogen (secondary N) is 1. The Morgan fingerprint density at radius 1 is 1.38 bits per heavy atom. The number of likely N-dealkylation sites (tertiary alicyclic amines) is 1. The van der Waals surface area contributed by atoms with E-state index in [-0.39, 0.29) is 0 Å². The predicted octanol–water partition coefficient (Wildman–Crippen LogP) is 2.94. The van der Waals surface area contributed by atoms with Gasteiger partial charge in [0.05, 0.1) is 0 Å². The maximum absolute atomic E-state index is 5.84. The minimum absolute atomic E-state index is 0.741. The van der Waals surface area contributed by atoms with Crippen LogP contribution in [0.3, 0.4) is 0 Å². The number of rotatable bonds is 8. The highest BCUT2D eigenvalue weighted by Crippen LogP contribution is 2.16. The Labute approximate surface area is 129 Å². The van der Waals surface area contributed by atoms with Gasteiger partial charge in [0, 0.05) is 13.1 Å². The van der Waals surface area contributed by atoms with Crippen molar-refractivity contribution < 1.29 is 4.74 Å². The van der Waals surface area contributed by atoms with Crippen LogP contribution < -0.4 is 10.1 Å². The Kier molecular flexibility index (Phi) is 6.52. The molecule has 0 spiro atoms. The molecular weight excluding hydrogens is 260 g/mol. The van der Waals surface area contributed by atoms with Crippen LogP contribution in [0.1, 0.15) is 25.8 Å². The number of hydrogen-bond acceptors (Lipinski definition) is 3. The monoisotopic (exact) mass is 290 g/mol. The van der Waals surface area contributed by atoms with Gasteiger partial charge in [-0.1, -0.05) is 26.0 Å². The molecule has 1 aromatic rings. The van der Waals surface area contributed by atoms with Crippen molar-refractivity contribution in [3.8, 4) is 5.75 Å². The van der Waals surface area contributed by atoms with E-state index in [9.17, 15) is 0 Å². The van der Waals surface area contributed by atoms with Crippen LogP contribution in [0.4, 0.5) is 0 Å². The topological polar surface area (TPSA) is 24.5 Å². The second-order valence-electron chi connectivity index (χ2n) is 6.67. The molecule has 0 saturated carbocycles. The van der Waals surface area contributed by atoms with E-state index in [1.165, 1.54) is 25.1 Å². The Balaban J connectivity index is 1.60. The van der Waals surface area contributed by atoms with Crippen molar-refractivity contribution in [2.45, 2.75) is 27.2 Å². The lowest BCUT2D eigenvalue weighted by atomic mass is 10.1. The molecule has 1 aliphatic rings. The zero-order valence-corrected chi connectivity index (χ0v) is 13.8. The molecule has 1 aromatic carbocycles. The van der Waals surface area contributed by atoms with Gasteiger partial charge in [-0.05, 0) is 62.5 Å². The maximum atomic E-state index is 5.84. The molecule has 1 aliphatic heterocycles. The van der Waals surface area contributed by atoms with Crippen molar-refractivity contribution in [2.75, 3.05) is 39.3 Å². The van der Waals surface area contributed by atoms with E-state index in [1.807, 2.05) is 6.07 Å². The van der Waals surface area contributed by atoms with Gasteiger partial charge in [0.15, 0.2) is 0 Å². The lowest BCUT2D eigenvalue weighted by Gasteiger charge is -2.17. The molecule has 1 saturated heterocycles. The summed E-state index contributed by atoms with van der Waals surface area (Å²) in [7, 11) is 0. The standard InChI is InChI=1S/C18H30N2O/c1-15(2)12-19-13-17-7-8-20(14-17)9-10-21-18-6-4-5-16(3)11-18/h4-6,11,15,17,19H,7-10,12-14H2,1-3H3. The van der Waals surface area contributed by atoms with Gasteiger partial charge >= 0.3 is 0 Å².